The summed E-state index contributed by atoms with van der Waals surface area (Å²) in [6.07, 6.45) is -3.63. The predicted molar refractivity (Wildman–Crippen MR) is 116 cm³/mol. The van der Waals surface area contributed by atoms with Crippen LogP contribution in [-0.2, 0) is 7.05 Å². The highest BCUT2D eigenvalue weighted by atomic mass is 32.1. The minimum absolute atomic E-state index is 0.0190. The molecule has 0 saturated carbocycles. The van der Waals surface area contributed by atoms with Gasteiger partial charge in [-0.1, -0.05) is 18.3 Å². The number of imidazole rings is 1. The zero-order valence-corrected chi connectivity index (χ0v) is 18.2. The number of Topliss-reactive ketones (excluding diaryl/α,β-unsaturated/α-hetero) is 1. The zero-order valence-electron chi connectivity index (χ0n) is 17.4. The largest absolute Gasteiger partial charge is 0.573 e. The molecule has 0 aliphatic carbocycles. The van der Waals surface area contributed by atoms with Crippen molar-refractivity contribution in [2.45, 2.75) is 26.1 Å². The Bertz CT molecular complexity index is 1310. The number of carbonyl (C=O) groups excluding carboxylic acids is 1. The molecule has 0 radical (unpaired) electrons. The Morgan fingerprint density at radius 3 is 2.66 bits per heavy atom. The molecule has 32 heavy (non-hydrogen) atoms. The summed E-state index contributed by atoms with van der Waals surface area (Å²) in [5, 5.41) is 3.56. The van der Waals surface area contributed by atoms with Gasteiger partial charge < -0.3 is 19.4 Å². The monoisotopic (exact) mass is 464 g/mol. The Labute approximate surface area is 184 Å². The second kappa shape index (κ2) is 8.30. The van der Waals surface area contributed by atoms with Crippen LogP contribution in [0.15, 0.2) is 30.3 Å². The number of rotatable bonds is 7. The van der Waals surface area contributed by atoms with E-state index in [1.807, 2.05) is 6.92 Å². The van der Waals surface area contributed by atoms with Crippen molar-refractivity contribution in [1.29, 1.82) is 0 Å². The quantitative estimate of drug-likeness (QED) is 0.348. The van der Waals surface area contributed by atoms with Gasteiger partial charge in [0.25, 0.3) is 0 Å². The first-order chi connectivity index (χ1) is 15.2. The van der Waals surface area contributed by atoms with Gasteiger partial charge in [-0.15, -0.1) is 13.2 Å². The third-order valence-electron chi connectivity index (χ3n) is 4.79. The molecule has 2 heterocycles. The fraction of sp³-hybridized carbons (Fsp3) is 0.286. The van der Waals surface area contributed by atoms with Crippen molar-refractivity contribution >= 4 is 49.4 Å². The van der Waals surface area contributed by atoms with Gasteiger partial charge in [0, 0.05) is 25.6 Å². The molecule has 168 valence electrons. The number of alkyl halides is 3. The van der Waals surface area contributed by atoms with E-state index < -0.39 is 6.36 Å². The summed E-state index contributed by atoms with van der Waals surface area (Å²) >= 11 is 1.17. The van der Waals surface area contributed by atoms with E-state index in [0.29, 0.717) is 44.5 Å². The van der Waals surface area contributed by atoms with Crippen molar-refractivity contribution in [3.63, 3.8) is 0 Å². The summed E-state index contributed by atoms with van der Waals surface area (Å²) < 4.78 is 49.1. The van der Waals surface area contributed by atoms with Crippen molar-refractivity contribution < 1.29 is 27.4 Å². The zero-order chi connectivity index (χ0) is 23.0. The predicted octanol–water partition coefficient (Wildman–Crippen LogP) is 5.82. The van der Waals surface area contributed by atoms with Gasteiger partial charge in [0.15, 0.2) is 10.9 Å². The number of methoxy groups -OCH3 is 1. The van der Waals surface area contributed by atoms with Gasteiger partial charge in [-0.3, -0.25) is 4.79 Å². The summed E-state index contributed by atoms with van der Waals surface area (Å²) in [7, 11) is 3.31. The van der Waals surface area contributed by atoms with E-state index in [0.717, 1.165) is 11.9 Å². The molecular formula is C21H19F3N4O3S. The average Bonchev–Trinajstić information content (AvgIpc) is 3.26. The van der Waals surface area contributed by atoms with Gasteiger partial charge >= 0.3 is 6.36 Å². The van der Waals surface area contributed by atoms with Crippen LogP contribution < -0.4 is 14.8 Å². The highest BCUT2D eigenvalue weighted by molar-refractivity contribution is 7.22. The number of aryl methyl sites for hydroxylation is 1. The fourth-order valence-corrected chi connectivity index (χ4v) is 4.22. The molecule has 2 aromatic heterocycles. The van der Waals surface area contributed by atoms with Crippen molar-refractivity contribution in [2.24, 2.45) is 7.05 Å². The number of hydrogen-bond donors (Lipinski definition) is 1. The lowest BCUT2D eigenvalue weighted by molar-refractivity contribution is -0.274. The fourth-order valence-electron chi connectivity index (χ4n) is 3.33. The Morgan fingerprint density at radius 1 is 1.19 bits per heavy atom. The molecule has 4 rings (SSSR count). The summed E-state index contributed by atoms with van der Waals surface area (Å²) in [5.74, 6) is 0.615. The van der Waals surface area contributed by atoms with E-state index in [9.17, 15) is 18.0 Å². The Morgan fingerprint density at radius 2 is 1.97 bits per heavy atom. The van der Waals surface area contributed by atoms with Crippen LogP contribution in [-0.4, -0.2) is 33.8 Å². The molecule has 0 aliphatic rings. The van der Waals surface area contributed by atoms with Gasteiger partial charge in [-0.2, -0.15) is 0 Å². The van der Waals surface area contributed by atoms with Crippen LogP contribution in [0.5, 0.6) is 11.5 Å². The first kappa shape index (κ1) is 21.9. The minimum Gasteiger partial charge on any atom is -0.496 e. The lowest BCUT2D eigenvalue weighted by atomic mass is 10.0. The molecule has 0 bridgehead atoms. The van der Waals surface area contributed by atoms with Crippen molar-refractivity contribution in [1.82, 2.24) is 14.5 Å². The van der Waals surface area contributed by atoms with Crippen LogP contribution in [0.4, 0.5) is 24.3 Å². The molecule has 0 saturated heterocycles. The maximum absolute atomic E-state index is 12.5. The number of fused-ring (bicyclic) bond motifs is 2. The van der Waals surface area contributed by atoms with E-state index >= 15 is 0 Å². The van der Waals surface area contributed by atoms with Gasteiger partial charge in [0.2, 0.25) is 5.95 Å². The second-order valence-electron chi connectivity index (χ2n) is 7.03. The van der Waals surface area contributed by atoms with E-state index in [4.69, 9.17) is 4.74 Å². The topological polar surface area (TPSA) is 78.3 Å². The highest BCUT2D eigenvalue weighted by Gasteiger charge is 2.31. The Balaban J connectivity index is 1.67. The number of anilines is 2. The van der Waals surface area contributed by atoms with Crippen LogP contribution >= 0.6 is 11.3 Å². The molecule has 0 spiro atoms. The van der Waals surface area contributed by atoms with Gasteiger partial charge in [-0.05, 0) is 24.6 Å². The van der Waals surface area contributed by atoms with Crippen molar-refractivity contribution in [3.05, 3.63) is 35.9 Å². The Hall–Kier alpha value is -3.34. The van der Waals surface area contributed by atoms with Crippen LogP contribution in [0.2, 0.25) is 0 Å². The van der Waals surface area contributed by atoms with E-state index in [1.54, 1.807) is 23.7 Å². The smallest absolute Gasteiger partial charge is 0.496 e. The van der Waals surface area contributed by atoms with E-state index in [1.165, 1.54) is 36.6 Å². The first-order valence-electron chi connectivity index (χ1n) is 9.69. The van der Waals surface area contributed by atoms with Crippen LogP contribution in [0.3, 0.4) is 0 Å². The molecule has 0 atom stereocenters. The average molecular weight is 464 g/mol. The summed E-state index contributed by atoms with van der Waals surface area (Å²) in [6, 6.07) is 7.43. The van der Waals surface area contributed by atoms with E-state index in [2.05, 4.69) is 20.0 Å². The summed E-state index contributed by atoms with van der Waals surface area (Å²) in [4.78, 5) is 21.4. The molecule has 0 unspecified atom stereocenters. The second-order valence-corrected chi connectivity index (χ2v) is 8.06. The number of thiazole rings is 1. The van der Waals surface area contributed by atoms with Crippen LogP contribution in [0.1, 0.15) is 30.1 Å². The van der Waals surface area contributed by atoms with Crippen LogP contribution in [0, 0.1) is 0 Å². The molecule has 2 aromatic carbocycles. The lowest BCUT2D eigenvalue weighted by Crippen LogP contribution is -2.16. The first-order valence-corrected chi connectivity index (χ1v) is 10.5. The normalized spacial score (nSPS) is 11.8. The molecule has 1 N–H and O–H groups in total. The number of benzene rings is 2. The van der Waals surface area contributed by atoms with Gasteiger partial charge in [0.1, 0.15) is 11.5 Å². The highest BCUT2D eigenvalue weighted by Crippen LogP contribution is 2.34. The molecule has 4 aromatic rings. The third kappa shape index (κ3) is 4.33. The lowest BCUT2D eigenvalue weighted by Gasteiger charge is -2.08. The number of halogens is 3. The number of aromatic nitrogens is 3. The maximum atomic E-state index is 12.5. The molecular weight excluding hydrogens is 445 g/mol. The molecule has 11 heteroatoms. The maximum Gasteiger partial charge on any atom is 0.573 e. The molecule has 0 fully saturated rings. The number of nitrogens with zero attached hydrogens (tertiary/aromatic N) is 3. The summed E-state index contributed by atoms with van der Waals surface area (Å²) in [5.41, 5.74) is 2.36. The van der Waals surface area contributed by atoms with Crippen LogP contribution in [0.25, 0.3) is 21.3 Å². The minimum atomic E-state index is -4.76. The molecule has 7 nitrogen and oxygen atoms in total. The van der Waals surface area contributed by atoms with Gasteiger partial charge in [0.05, 0.1) is 33.9 Å². The standard InChI is InChI=1S/C21H19F3N4O3S/c1-4-5-16(29)12-9-14-15(10-17(12)30-3)28(2)19(25-14)27-20-26-13-7-6-11(8-18(13)32-20)31-21(22,23)24/h6-10H,4-5H2,1-3H3,(H,25,26,27). The van der Waals surface area contributed by atoms with E-state index in [-0.39, 0.29) is 11.5 Å². The number of ether oxygens (including phenoxy) is 2. The number of hydrogen-bond acceptors (Lipinski definition) is 7. The SMILES string of the molecule is CCCC(=O)c1cc2nc(Nc3nc4ccc(OC(F)(F)F)cc4s3)n(C)c2cc1OC. The number of carbonyl (C=O) groups is 1. The Kier molecular flexibility index (Phi) is 5.68. The number of ketones is 1. The molecule has 0 aliphatic heterocycles. The third-order valence-corrected chi connectivity index (χ3v) is 5.73. The number of nitrogens with one attached hydrogen (secondary N) is 1. The summed E-state index contributed by atoms with van der Waals surface area (Å²) in [6.45, 7) is 1.93. The van der Waals surface area contributed by atoms with Gasteiger partial charge in [-0.25, -0.2) is 9.97 Å². The van der Waals surface area contributed by atoms with Crippen molar-refractivity contribution in [3.8, 4) is 11.5 Å². The molecule has 0 amide bonds. The van der Waals surface area contributed by atoms with Crippen molar-refractivity contribution in [2.75, 3.05) is 12.4 Å².